The van der Waals surface area contributed by atoms with Crippen molar-refractivity contribution in [2.75, 3.05) is 0 Å². The summed E-state index contributed by atoms with van der Waals surface area (Å²) in [6.07, 6.45) is 2.64. The molecule has 0 radical (unpaired) electrons. The molecule has 0 amide bonds. The van der Waals surface area contributed by atoms with Crippen LogP contribution in [0.2, 0.25) is 0 Å². The van der Waals surface area contributed by atoms with Crippen LogP contribution in [0.1, 0.15) is 43.5 Å². The lowest BCUT2D eigenvalue weighted by Crippen LogP contribution is -2.28. The molecule has 1 aromatic rings. The van der Waals surface area contributed by atoms with Gasteiger partial charge in [-0.1, -0.05) is 19.9 Å². The van der Waals surface area contributed by atoms with E-state index < -0.39 is 16.0 Å². The number of sulfonamides is 1. The summed E-state index contributed by atoms with van der Waals surface area (Å²) in [5.41, 5.74) is 0.216. The van der Waals surface area contributed by atoms with Crippen LogP contribution in [0.3, 0.4) is 0 Å². The van der Waals surface area contributed by atoms with Gasteiger partial charge in [-0.25, -0.2) is 18.4 Å². The number of hydrogen-bond acceptors (Lipinski definition) is 4. The second-order valence-corrected chi connectivity index (χ2v) is 7.43. The Morgan fingerprint density at radius 3 is 2.57 bits per heavy atom. The highest BCUT2D eigenvalue weighted by atomic mass is 32.2. The minimum atomic E-state index is -3.82. The predicted octanol–water partition coefficient (Wildman–Crippen LogP) is 2.32. The molecule has 1 saturated carbocycles. The summed E-state index contributed by atoms with van der Waals surface area (Å²) in [7, 11) is -3.82. The quantitative estimate of drug-likeness (QED) is 0.868. The monoisotopic (exact) mass is 311 g/mol. The Bertz CT molecular complexity index is 626. The highest BCUT2D eigenvalue weighted by Crippen LogP contribution is 2.31. The molecular formula is C15H21NO4S. The molecule has 1 aliphatic carbocycles. The van der Waals surface area contributed by atoms with Crippen LogP contribution >= 0.6 is 0 Å². The number of esters is 1. The fraction of sp³-hybridized carbons (Fsp3) is 0.533. The number of ether oxygens (including phenoxy) is 1. The fourth-order valence-corrected chi connectivity index (χ4v) is 3.18. The normalized spacial score (nSPS) is 26.3. The molecular weight excluding hydrogens is 290 g/mol. The molecule has 0 spiro atoms. The number of primary sulfonamides is 1. The molecule has 2 rings (SSSR count). The molecule has 1 aromatic carbocycles. The first-order valence-corrected chi connectivity index (χ1v) is 8.66. The number of rotatable bonds is 3. The van der Waals surface area contributed by atoms with Crippen LogP contribution in [0.4, 0.5) is 0 Å². The maximum absolute atomic E-state index is 12.1. The first-order chi connectivity index (χ1) is 9.77. The molecule has 3 unspecified atom stereocenters. The van der Waals surface area contributed by atoms with Gasteiger partial charge in [0.25, 0.3) is 0 Å². The zero-order valence-electron chi connectivity index (χ0n) is 12.3. The van der Waals surface area contributed by atoms with Crippen LogP contribution in [0.25, 0.3) is 0 Å². The average molecular weight is 311 g/mol. The van der Waals surface area contributed by atoms with E-state index in [1.54, 1.807) is 0 Å². The lowest BCUT2D eigenvalue weighted by atomic mass is 9.80. The largest absolute Gasteiger partial charge is 0.459 e. The van der Waals surface area contributed by atoms with Crippen molar-refractivity contribution in [3.8, 4) is 0 Å². The third-order valence-electron chi connectivity index (χ3n) is 4.22. The Hall–Kier alpha value is -1.40. The molecule has 6 heteroatoms. The van der Waals surface area contributed by atoms with E-state index in [1.807, 2.05) is 0 Å². The molecule has 0 heterocycles. The summed E-state index contributed by atoms with van der Waals surface area (Å²) < 4.78 is 28.1. The van der Waals surface area contributed by atoms with Crippen molar-refractivity contribution in [2.45, 2.75) is 44.1 Å². The zero-order valence-corrected chi connectivity index (χ0v) is 13.1. The van der Waals surface area contributed by atoms with Crippen LogP contribution in [-0.4, -0.2) is 20.5 Å². The van der Waals surface area contributed by atoms with E-state index in [-0.39, 0.29) is 16.6 Å². The maximum atomic E-state index is 12.1. The molecule has 116 valence electrons. The molecule has 0 bridgehead atoms. The third-order valence-corrected chi connectivity index (χ3v) is 5.13. The van der Waals surface area contributed by atoms with E-state index in [0.717, 1.165) is 19.3 Å². The van der Waals surface area contributed by atoms with Gasteiger partial charge in [0.05, 0.1) is 10.5 Å². The van der Waals surface area contributed by atoms with Gasteiger partial charge in [-0.2, -0.15) is 0 Å². The molecule has 5 nitrogen and oxygen atoms in total. The van der Waals surface area contributed by atoms with E-state index in [1.165, 1.54) is 24.3 Å². The Balaban J connectivity index is 2.07. The van der Waals surface area contributed by atoms with Crippen molar-refractivity contribution >= 4 is 16.0 Å². The van der Waals surface area contributed by atoms with Gasteiger partial charge >= 0.3 is 5.97 Å². The Morgan fingerprint density at radius 2 is 1.95 bits per heavy atom. The topological polar surface area (TPSA) is 86.5 Å². The minimum absolute atomic E-state index is 0.0809. The summed E-state index contributed by atoms with van der Waals surface area (Å²) in [6, 6.07) is 5.64. The number of carbonyl (C=O) groups excluding carboxylic acids is 1. The van der Waals surface area contributed by atoms with Crippen molar-refractivity contribution in [1.82, 2.24) is 0 Å². The predicted molar refractivity (Wildman–Crippen MR) is 79.2 cm³/mol. The first-order valence-electron chi connectivity index (χ1n) is 7.11. The van der Waals surface area contributed by atoms with Gasteiger partial charge in [-0.15, -0.1) is 0 Å². The SMILES string of the molecule is CC1CCC(OC(=O)c2cccc(S(N)(=O)=O)c2)CC1C. The Kier molecular flexibility index (Phi) is 4.68. The van der Waals surface area contributed by atoms with Crippen molar-refractivity contribution < 1.29 is 17.9 Å². The van der Waals surface area contributed by atoms with Crippen molar-refractivity contribution in [3.63, 3.8) is 0 Å². The van der Waals surface area contributed by atoms with Crippen molar-refractivity contribution in [3.05, 3.63) is 29.8 Å². The average Bonchev–Trinajstić information content (AvgIpc) is 2.42. The van der Waals surface area contributed by atoms with Gasteiger partial charge in [-0.05, 0) is 49.3 Å². The molecule has 0 saturated heterocycles. The summed E-state index contributed by atoms with van der Waals surface area (Å²) in [6.45, 7) is 4.37. The number of hydrogen-bond donors (Lipinski definition) is 1. The Morgan fingerprint density at radius 1 is 1.24 bits per heavy atom. The van der Waals surface area contributed by atoms with Crippen molar-refractivity contribution in [1.29, 1.82) is 0 Å². The second-order valence-electron chi connectivity index (χ2n) is 5.87. The van der Waals surface area contributed by atoms with E-state index in [0.29, 0.717) is 11.8 Å². The van der Waals surface area contributed by atoms with Gasteiger partial charge in [0.2, 0.25) is 10.0 Å². The maximum Gasteiger partial charge on any atom is 0.338 e. The zero-order chi connectivity index (χ0) is 15.6. The third kappa shape index (κ3) is 4.04. The van der Waals surface area contributed by atoms with E-state index in [9.17, 15) is 13.2 Å². The van der Waals surface area contributed by atoms with Gasteiger partial charge in [-0.3, -0.25) is 0 Å². The summed E-state index contributed by atoms with van der Waals surface area (Å²) in [5.74, 6) is 0.672. The molecule has 2 N–H and O–H groups in total. The summed E-state index contributed by atoms with van der Waals surface area (Å²) in [4.78, 5) is 12.0. The van der Waals surface area contributed by atoms with Crippen LogP contribution < -0.4 is 5.14 Å². The smallest absolute Gasteiger partial charge is 0.338 e. The van der Waals surface area contributed by atoms with Crippen LogP contribution in [0.5, 0.6) is 0 Å². The molecule has 0 aliphatic heterocycles. The first kappa shape index (κ1) is 16.0. The molecule has 21 heavy (non-hydrogen) atoms. The van der Waals surface area contributed by atoms with E-state index in [2.05, 4.69) is 13.8 Å². The van der Waals surface area contributed by atoms with Gasteiger partial charge in [0.1, 0.15) is 6.10 Å². The number of nitrogens with two attached hydrogens (primary N) is 1. The second kappa shape index (κ2) is 6.15. The molecule has 1 aliphatic rings. The van der Waals surface area contributed by atoms with E-state index >= 15 is 0 Å². The molecule has 0 aromatic heterocycles. The lowest BCUT2D eigenvalue weighted by molar-refractivity contribution is 0.00876. The number of carbonyl (C=O) groups is 1. The molecule has 1 fully saturated rings. The van der Waals surface area contributed by atoms with Gasteiger partial charge < -0.3 is 4.74 Å². The highest BCUT2D eigenvalue weighted by molar-refractivity contribution is 7.89. The van der Waals surface area contributed by atoms with Crippen LogP contribution in [0, 0.1) is 11.8 Å². The van der Waals surface area contributed by atoms with Crippen LogP contribution in [0.15, 0.2) is 29.2 Å². The van der Waals surface area contributed by atoms with E-state index in [4.69, 9.17) is 9.88 Å². The number of benzene rings is 1. The standard InChI is InChI=1S/C15H21NO4S/c1-10-6-7-13(8-11(10)2)20-15(17)12-4-3-5-14(9-12)21(16,18)19/h3-5,9-11,13H,6-8H2,1-2H3,(H2,16,18,19). The van der Waals surface area contributed by atoms with Crippen LogP contribution in [-0.2, 0) is 14.8 Å². The fourth-order valence-electron chi connectivity index (χ4n) is 2.62. The summed E-state index contributed by atoms with van der Waals surface area (Å²) in [5, 5.41) is 5.06. The lowest BCUT2D eigenvalue weighted by Gasteiger charge is -2.31. The minimum Gasteiger partial charge on any atom is -0.459 e. The Labute approximate surface area is 125 Å². The van der Waals surface area contributed by atoms with Gasteiger partial charge in [0.15, 0.2) is 0 Å². The van der Waals surface area contributed by atoms with Gasteiger partial charge in [0, 0.05) is 0 Å². The van der Waals surface area contributed by atoms with Crippen molar-refractivity contribution in [2.24, 2.45) is 17.0 Å². The summed E-state index contributed by atoms with van der Waals surface area (Å²) >= 11 is 0. The highest BCUT2D eigenvalue weighted by Gasteiger charge is 2.27. The molecule has 3 atom stereocenters.